The van der Waals surface area contributed by atoms with Crippen LogP contribution in [-0.4, -0.2) is 53.2 Å². The lowest BCUT2D eigenvalue weighted by atomic mass is 10.2. The molecule has 0 amide bonds. The van der Waals surface area contributed by atoms with Crippen LogP contribution in [0, 0.1) is 6.92 Å². The van der Waals surface area contributed by atoms with Gasteiger partial charge in [0, 0.05) is 48.5 Å². The summed E-state index contributed by atoms with van der Waals surface area (Å²) >= 11 is 6.92. The van der Waals surface area contributed by atoms with Gasteiger partial charge >= 0.3 is 0 Å². The predicted octanol–water partition coefficient (Wildman–Crippen LogP) is 3.12. The minimum atomic E-state index is -0.0819. The van der Waals surface area contributed by atoms with Crippen LogP contribution >= 0.6 is 23.4 Å². The van der Waals surface area contributed by atoms with Crippen molar-refractivity contribution in [2.45, 2.75) is 12.1 Å². The number of carbonyl (C=O) groups excluding carboxylic acids is 1. The molecule has 1 aromatic carbocycles. The first-order valence-electron chi connectivity index (χ1n) is 7.78. The van der Waals surface area contributed by atoms with Gasteiger partial charge in [-0.3, -0.25) is 4.79 Å². The molecule has 2 aromatic rings. The molecular formula is C17H19ClN4OS. The van der Waals surface area contributed by atoms with Crippen LogP contribution in [0.15, 0.2) is 35.5 Å². The second-order valence-corrected chi connectivity index (χ2v) is 7.21. The van der Waals surface area contributed by atoms with Gasteiger partial charge in [0.1, 0.15) is 5.82 Å². The third-order valence-electron chi connectivity index (χ3n) is 3.91. The van der Waals surface area contributed by atoms with Crippen molar-refractivity contribution in [3.8, 4) is 0 Å². The van der Waals surface area contributed by atoms with Crippen molar-refractivity contribution < 1.29 is 4.79 Å². The van der Waals surface area contributed by atoms with Gasteiger partial charge in [0.2, 0.25) is 5.12 Å². The van der Waals surface area contributed by atoms with Crippen molar-refractivity contribution in [3.63, 3.8) is 0 Å². The molecule has 7 heteroatoms. The number of nitrogens with zero attached hydrogens (tertiary/aromatic N) is 4. The Kier molecular flexibility index (Phi) is 5.38. The van der Waals surface area contributed by atoms with Crippen LogP contribution in [0.5, 0.6) is 0 Å². The molecule has 1 aromatic heterocycles. The zero-order valence-electron chi connectivity index (χ0n) is 13.7. The highest BCUT2D eigenvalue weighted by Gasteiger charge is 2.18. The maximum atomic E-state index is 12.4. The molecule has 0 bridgehead atoms. The van der Waals surface area contributed by atoms with Crippen LogP contribution < -0.4 is 4.90 Å². The van der Waals surface area contributed by atoms with Gasteiger partial charge in [0.05, 0.1) is 0 Å². The van der Waals surface area contributed by atoms with Crippen LogP contribution in [0.4, 0.5) is 5.82 Å². The van der Waals surface area contributed by atoms with E-state index in [-0.39, 0.29) is 5.12 Å². The molecule has 24 heavy (non-hydrogen) atoms. The molecule has 0 N–H and O–H groups in total. The molecule has 0 spiro atoms. The highest BCUT2D eigenvalue weighted by atomic mass is 35.5. The largest absolute Gasteiger partial charge is 0.354 e. The minimum absolute atomic E-state index is 0.0819. The van der Waals surface area contributed by atoms with Crippen molar-refractivity contribution in [1.29, 1.82) is 0 Å². The van der Waals surface area contributed by atoms with Crippen molar-refractivity contribution in [2.75, 3.05) is 38.1 Å². The Bertz CT molecular complexity index is 730. The second kappa shape index (κ2) is 7.51. The summed E-state index contributed by atoms with van der Waals surface area (Å²) < 4.78 is 0. The zero-order chi connectivity index (χ0) is 17.1. The van der Waals surface area contributed by atoms with Crippen LogP contribution in [0.2, 0.25) is 5.02 Å². The Hall–Kier alpha value is -1.63. The number of likely N-dealkylation sites (N-methyl/N-ethyl adjacent to an activating group) is 1. The first-order chi connectivity index (χ1) is 11.5. The summed E-state index contributed by atoms with van der Waals surface area (Å²) in [5.41, 5.74) is 1.46. The van der Waals surface area contributed by atoms with Crippen molar-refractivity contribution >= 4 is 34.3 Å². The number of rotatable bonds is 3. The molecule has 1 aliphatic rings. The van der Waals surface area contributed by atoms with E-state index in [1.165, 1.54) is 0 Å². The fourth-order valence-corrected chi connectivity index (χ4v) is 3.37. The van der Waals surface area contributed by atoms with E-state index >= 15 is 0 Å². The zero-order valence-corrected chi connectivity index (χ0v) is 15.3. The summed E-state index contributed by atoms with van der Waals surface area (Å²) in [6.07, 6.45) is 0. The lowest BCUT2D eigenvalue weighted by Gasteiger charge is -2.33. The minimum Gasteiger partial charge on any atom is -0.354 e. The molecule has 0 atom stereocenters. The number of hydrogen-bond donors (Lipinski definition) is 0. The number of hydrogen-bond acceptors (Lipinski definition) is 6. The number of aromatic nitrogens is 2. The SMILES string of the molecule is Cc1cc(N2CCN(C)CC2)nc(SC(=O)c2ccc(Cl)cc2)n1. The summed E-state index contributed by atoms with van der Waals surface area (Å²) in [5, 5.41) is 1.02. The molecule has 126 valence electrons. The monoisotopic (exact) mass is 362 g/mol. The first-order valence-corrected chi connectivity index (χ1v) is 8.97. The molecule has 1 saturated heterocycles. The van der Waals surface area contributed by atoms with E-state index in [0.29, 0.717) is 15.7 Å². The van der Waals surface area contributed by atoms with Crippen LogP contribution in [0.3, 0.4) is 0 Å². The van der Waals surface area contributed by atoms with Crippen molar-refractivity contribution in [1.82, 2.24) is 14.9 Å². The fourth-order valence-electron chi connectivity index (χ4n) is 2.50. The number of thioether (sulfide) groups is 1. The lowest BCUT2D eigenvalue weighted by Crippen LogP contribution is -2.44. The van der Waals surface area contributed by atoms with E-state index in [0.717, 1.165) is 49.5 Å². The smallest absolute Gasteiger partial charge is 0.227 e. The van der Waals surface area contributed by atoms with E-state index in [1.807, 2.05) is 13.0 Å². The molecule has 0 aliphatic carbocycles. The van der Waals surface area contributed by atoms with Gasteiger partial charge in [-0.25, -0.2) is 9.97 Å². The number of halogens is 1. The Labute approximate surface area is 151 Å². The Morgan fingerprint density at radius 3 is 2.46 bits per heavy atom. The normalized spacial score (nSPS) is 15.5. The van der Waals surface area contributed by atoms with Crippen LogP contribution in [-0.2, 0) is 0 Å². The van der Waals surface area contributed by atoms with E-state index in [9.17, 15) is 4.79 Å². The third-order valence-corrected chi connectivity index (χ3v) is 4.95. The summed E-state index contributed by atoms with van der Waals surface area (Å²) in [6.45, 7) is 5.81. The maximum absolute atomic E-state index is 12.4. The highest BCUT2D eigenvalue weighted by molar-refractivity contribution is 8.14. The molecular weight excluding hydrogens is 344 g/mol. The van der Waals surface area contributed by atoms with Gasteiger partial charge in [-0.15, -0.1) is 0 Å². The molecule has 2 heterocycles. The third kappa shape index (κ3) is 4.26. The Morgan fingerprint density at radius 1 is 1.12 bits per heavy atom. The number of benzene rings is 1. The number of piperazine rings is 1. The molecule has 5 nitrogen and oxygen atoms in total. The van der Waals surface area contributed by atoms with Gasteiger partial charge in [0.25, 0.3) is 0 Å². The molecule has 3 rings (SSSR count). The molecule has 0 radical (unpaired) electrons. The van der Waals surface area contributed by atoms with E-state index in [1.54, 1.807) is 24.3 Å². The van der Waals surface area contributed by atoms with E-state index < -0.39 is 0 Å². The number of aryl methyl sites for hydroxylation is 1. The number of anilines is 1. The topological polar surface area (TPSA) is 49.3 Å². The van der Waals surface area contributed by atoms with Gasteiger partial charge in [0.15, 0.2) is 5.16 Å². The van der Waals surface area contributed by atoms with Crippen LogP contribution in [0.25, 0.3) is 0 Å². The summed E-state index contributed by atoms with van der Waals surface area (Å²) in [5.74, 6) is 0.891. The number of carbonyl (C=O) groups is 1. The molecule has 1 fully saturated rings. The maximum Gasteiger partial charge on any atom is 0.227 e. The fraction of sp³-hybridized carbons (Fsp3) is 0.353. The molecule has 1 aliphatic heterocycles. The van der Waals surface area contributed by atoms with Crippen LogP contribution in [0.1, 0.15) is 16.1 Å². The lowest BCUT2D eigenvalue weighted by molar-refractivity contribution is 0.108. The highest BCUT2D eigenvalue weighted by Crippen LogP contribution is 2.24. The average molecular weight is 363 g/mol. The van der Waals surface area contributed by atoms with E-state index in [4.69, 9.17) is 11.6 Å². The summed E-state index contributed by atoms with van der Waals surface area (Å²) in [7, 11) is 2.12. The van der Waals surface area contributed by atoms with Crippen molar-refractivity contribution in [3.05, 3.63) is 46.6 Å². The standard InChI is InChI=1S/C17H19ClN4OS/c1-12-11-15(22-9-7-21(2)8-10-22)20-17(19-12)24-16(23)13-3-5-14(18)6-4-13/h3-6,11H,7-10H2,1-2H3. The second-order valence-electron chi connectivity index (χ2n) is 5.84. The van der Waals surface area contributed by atoms with Gasteiger partial charge in [-0.05, 0) is 50.0 Å². The molecule has 0 unspecified atom stereocenters. The molecule has 0 saturated carbocycles. The predicted molar refractivity (Wildman–Crippen MR) is 98.1 cm³/mol. The van der Waals surface area contributed by atoms with Gasteiger partial charge < -0.3 is 9.80 Å². The Morgan fingerprint density at radius 2 is 1.79 bits per heavy atom. The average Bonchev–Trinajstić information content (AvgIpc) is 2.55. The first kappa shape index (κ1) is 17.2. The summed E-state index contributed by atoms with van der Waals surface area (Å²) in [6, 6.07) is 8.83. The van der Waals surface area contributed by atoms with Gasteiger partial charge in [-0.2, -0.15) is 0 Å². The van der Waals surface area contributed by atoms with Crippen molar-refractivity contribution in [2.24, 2.45) is 0 Å². The summed E-state index contributed by atoms with van der Waals surface area (Å²) in [4.78, 5) is 25.9. The Balaban J connectivity index is 1.76. The quantitative estimate of drug-likeness (QED) is 0.617. The van der Waals surface area contributed by atoms with E-state index in [2.05, 4.69) is 26.8 Å². The van der Waals surface area contributed by atoms with Gasteiger partial charge in [-0.1, -0.05) is 11.6 Å².